The van der Waals surface area contributed by atoms with E-state index >= 15 is 0 Å². The van der Waals surface area contributed by atoms with Crippen molar-refractivity contribution in [3.63, 3.8) is 0 Å². The molecule has 0 saturated heterocycles. The van der Waals surface area contributed by atoms with Crippen molar-refractivity contribution in [1.29, 1.82) is 0 Å². The van der Waals surface area contributed by atoms with Gasteiger partial charge in [-0.1, -0.05) is 11.6 Å². The second kappa shape index (κ2) is 6.09. The molecule has 2 heterocycles. The number of nitrogens with zero attached hydrogens (tertiary/aromatic N) is 2. The molecule has 0 spiro atoms. The van der Waals surface area contributed by atoms with E-state index in [2.05, 4.69) is 4.98 Å². The molecule has 0 atom stereocenters. The van der Waals surface area contributed by atoms with Gasteiger partial charge >= 0.3 is 0 Å². The highest BCUT2D eigenvalue weighted by Crippen LogP contribution is 2.16. The first-order chi connectivity index (χ1) is 9.47. The summed E-state index contributed by atoms with van der Waals surface area (Å²) in [5, 5.41) is 0.501. The zero-order chi connectivity index (χ0) is 14.7. The van der Waals surface area contributed by atoms with Gasteiger partial charge in [-0.05, 0) is 45.0 Å². The summed E-state index contributed by atoms with van der Waals surface area (Å²) in [6.07, 6.45) is 1.53. The molecular formula is C15H17ClN2O2. The van der Waals surface area contributed by atoms with Crippen molar-refractivity contribution >= 4 is 17.5 Å². The van der Waals surface area contributed by atoms with Gasteiger partial charge in [-0.2, -0.15) is 0 Å². The summed E-state index contributed by atoms with van der Waals surface area (Å²) in [4.78, 5) is 18.3. The number of amides is 1. The van der Waals surface area contributed by atoms with Crippen LogP contribution in [0.4, 0.5) is 0 Å². The van der Waals surface area contributed by atoms with Gasteiger partial charge in [0.25, 0.3) is 5.91 Å². The van der Waals surface area contributed by atoms with Crippen molar-refractivity contribution in [2.24, 2.45) is 0 Å². The number of hydrogen-bond donors (Lipinski definition) is 0. The minimum Gasteiger partial charge on any atom is -0.464 e. The number of pyridine rings is 1. The van der Waals surface area contributed by atoms with Gasteiger partial charge in [0.2, 0.25) is 0 Å². The van der Waals surface area contributed by atoms with Gasteiger partial charge in [-0.3, -0.25) is 9.78 Å². The topological polar surface area (TPSA) is 46.3 Å². The van der Waals surface area contributed by atoms with Gasteiger partial charge in [0.05, 0.1) is 6.54 Å². The summed E-state index contributed by atoms with van der Waals surface area (Å²) >= 11 is 5.91. The summed E-state index contributed by atoms with van der Waals surface area (Å²) in [7, 11) is 0. The summed E-state index contributed by atoms with van der Waals surface area (Å²) in [6, 6.07) is 7.02. The van der Waals surface area contributed by atoms with E-state index in [0.717, 1.165) is 11.5 Å². The Kier molecular flexibility index (Phi) is 4.45. The Bertz CT molecular complexity index is 607. The quantitative estimate of drug-likeness (QED) is 0.863. The van der Waals surface area contributed by atoms with E-state index in [-0.39, 0.29) is 11.9 Å². The molecule has 0 N–H and O–H groups in total. The Morgan fingerprint density at radius 2 is 2.15 bits per heavy atom. The third-order valence-electron chi connectivity index (χ3n) is 2.95. The summed E-state index contributed by atoms with van der Waals surface area (Å²) in [6.45, 7) is 6.21. The molecule has 0 saturated carbocycles. The first kappa shape index (κ1) is 14.6. The van der Waals surface area contributed by atoms with Crippen molar-refractivity contribution in [2.75, 3.05) is 0 Å². The molecule has 1 amide bonds. The first-order valence-electron chi connectivity index (χ1n) is 6.45. The predicted molar refractivity (Wildman–Crippen MR) is 77.7 cm³/mol. The Balaban J connectivity index is 2.22. The second-order valence-electron chi connectivity index (χ2n) is 4.90. The van der Waals surface area contributed by atoms with Crippen LogP contribution in [0.2, 0.25) is 5.02 Å². The molecular weight excluding hydrogens is 276 g/mol. The third-order valence-corrected chi connectivity index (χ3v) is 3.18. The number of carbonyl (C=O) groups excluding carboxylic acids is 1. The van der Waals surface area contributed by atoms with Crippen LogP contribution in [0.1, 0.15) is 35.9 Å². The Morgan fingerprint density at radius 3 is 2.70 bits per heavy atom. The highest BCUT2D eigenvalue weighted by molar-refractivity contribution is 6.30. The average Bonchev–Trinajstić information content (AvgIpc) is 2.80. The van der Waals surface area contributed by atoms with Crippen LogP contribution >= 0.6 is 11.6 Å². The van der Waals surface area contributed by atoms with Gasteiger partial charge in [0.1, 0.15) is 17.2 Å². The lowest BCUT2D eigenvalue weighted by atomic mass is 10.2. The fourth-order valence-corrected chi connectivity index (χ4v) is 2.06. The number of aromatic nitrogens is 1. The van der Waals surface area contributed by atoms with Crippen LogP contribution in [0.5, 0.6) is 0 Å². The molecule has 0 aliphatic heterocycles. The van der Waals surface area contributed by atoms with Gasteiger partial charge in [0.15, 0.2) is 0 Å². The molecule has 0 aliphatic carbocycles. The lowest BCUT2D eigenvalue weighted by Gasteiger charge is -2.25. The summed E-state index contributed by atoms with van der Waals surface area (Å²) in [5.41, 5.74) is 0.342. The lowest BCUT2D eigenvalue weighted by molar-refractivity contribution is 0.0669. The smallest absolute Gasteiger partial charge is 0.273 e. The van der Waals surface area contributed by atoms with Crippen molar-refractivity contribution < 1.29 is 9.21 Å². The molecule has 106 valence electrons. The minimum absolute atomic E-state index is 0.0358. The maximum absolute atomic E-state index is 12.5. The van der Waals surface area contributed by atoms with Crippen LogP contribution in [-0.4, -0.2) is 21.8 Å². The van der Waals surface area contributed by atoms with Crippen LogP contribution in [0.3, 0.4) is 0 Å². The molecule has 0 aromatic carbocycles. The average molecular weight is 293 g/mol. The van der Waals surface area contributed by atoms with Crippen LogP contribution in [0, 0.1) is 6.92 Å². The van der Waals surface area contributed by atoms with Gasteiger partial charge < -0.3 is 9.32 Å². The van der Waals surface area contributed by atoms with E-state index in [0.29, 0.717) is 17.3 Å². The summed E-state index contributed by atoms with van der Waals surface area (Å²) in [5.74, 6) is 1.43. The Hall–Kier alpha value is -1.81. The van der Waals surface area contributed by atoms with Crippen molar-refractivity contribution in [1.82, 2.24) is 9.88 Å². The lowest BCUT2D eigenvalue weighted by Crippen LogP contribution is -2.36. The molecule has 2 aromatic rings. The first-order valence-corrected chi connectivity index (χ1v) is 6.83. The largest absolute Gasteiger partial charge is 0.464 e. The van der Waals surface area contributed by atoms with Gasteiger partial charge in [-0.25, -0.2) is 0 Å². The van der Waals surface area contributed by atoms with Crippen molar-refractivity contribution in [3.8, 4) is 0 Å². The number of rotatable bonds is 4. The van der Waals surface area contributed by atoms with Crippen molar-refractivity contribution in [2.45, 2.75) is 33.4 Å². The maximum Gasteiger partial charge on any atom is 0.273 e. The molecule has 5 heteroatoms. The zero-order valence-corrected chi connectivity index (χ0v) is 12.5. The molecule has 0 radical (unpaired) electrons. The molecule has 0 unspecified atom stereocenters. The third kappa shape index (κ3) is 3.39. The SMILES string of the molecule is Cc1ccc(CN(C(=O)c2cc(Cl)ccn2)C(C)C)o1. The van der Waals surface area contributed by atoms with Gasteiger partial charge in [-0.15, -0.1) is 0 Å². The van der Waals surface area contributed by atoms with Crippen LogP contribution in [-0.2, 0) is 6.54 Å². The fourth-order valence-electron chi connectivity index (χ4n) is 1.90. The van der Waals surface area contributed by atoms with E-state index in [9.17, 15) is 4.79 Å². The van der Waals surface area contributed by atoms with Crippen LogP contribution < -0.4 is 0 Å². The molecule has 4 nitrogen and oxygen atoms in total. The number of hydrogen-bond acceptors (Lipinski definition) is 3. The maximum atomic E-state index is 12.5. The molecule has 20 heavy (non-hydrogen) atoms. The number of aryl methyl sites for hydroxylation is 1. The standard InChI is InChI=1S/C15H17ClN2O2/c1-10(2)18(9-13-5-4-11(3)20-13)15(19)14-8-12(16)6-7-17-14/h4-8,10H,9H2,1-3H3. The highest BCUT2D eigenvalue weighted by Gasteiger charge is 2.21. The van der Waals surface area contributed by atoms with E-state index < -0.39 is 0 Å². The molecule has 2 rings (SSSR count). The molecule has 0 bridgehead atoms. The van der Waals surface area contributed by atoms with E-state index in [4.69, 9.17) is 16.0 Å². The Morgan fingerprint density at radius 1 is 1.40 bits per heavy atom. The second-order valence-corrected chi connectivity index (χ2v) is 5.33. The zero-order valence-electron chi connectivity index (χ0n) is 11.8. The normalized spacial score (nSPS) is 10.8. The van der Waals surface area contributed by atoms with Crippen LogP contribution in [0.25, 0.3) is 0 Å². The van der Waals surface area contributed by atoms with Crippen molar-refractivity contribution in [3.05, 3.63) is 52.7 Å². The van der Waals surface area contributed by atoms with E-state index in [1.807, 2.05) is 32.9 Å². The minimum atomic E-state index is -0.156. The predicted octanol–water partition coefficient (Wildman–Crippen LogP) is 3.69. The fraction of sp³-hybridized carbons (Fsp3) is 0.333. The monoisotopic (exact) mass is 292 g/mol. The molecule has 0 fully saturated rings. The summed E-state index contributed by atoms with van der Waals surface area (Å²) < 4.78 is 5.53. The van der Waals surface area contributed by atoms with Gasteiger partial charge in [0, 0.05) is 17.3 Å². The number of halogens is 1. The molecule has 2 aromatic heterocycles. The number of carbonyl (C=O) groups is 1. The van der Waals surface area contributed by atoms with Crippen LogP contribution in [0.15, 0.2) is 34.9 Å². The Labute approximate surface area is 123 Å². The highest BCUT2D eigenvalue weighted by atomic mass is 35.5. The molecule has 0 aliphatic rings. The van der Waals surface area contributed by atoms with E-state index in [1.165, 1.54) is 6.20 Å². The van der Waals surface area contributed by atoms with E-state index in [1.54, 1.807) is 17.0 Å². The number of furan rings is 1.